The van der Waals surface area contributed by atoms with Crippen molar-refractivity contribution in [1.29, 1.82) is 0 Å². The van der Waals surface area contributed by atoms with Crippen LogP contribution >= 0.6 is 0 Å². The number of hydrogen-bond donors (Lipinski definition) is 1. The first-order chi connectivity index (χ1) is 14.8. The Morgan fingerprint density at radius 3 is 2.74 bits per heavy atom. The second-order valence-electron chi connectivity index (χ2n) is 11.3. The van der Waals surface area contributed by atoms with E-state index in [2.05, 4.69) is 11.8 Å². The second-order valence-corrected chi connectivity index (χ2v) is 11.3. The van der Waals surface area contributed by atoms with Gasteiger partial charge in [0.25, 0.3) is 0 Å². The smallest absolute Gasteiger partial charge is 0.309 e. The van der Waals surface area contributed by atoms with E-state index in [9.17, 15) is 14.7 Å². The lowest BCUT2D eigenvalue weighted by molar-refractivity contribution is -0.231. The van der Waals surface area contributed by atoms with Gasteiger partial charge in [-0.1, -0.05) is 18.1 Å². The Morgan fingerprint density at radius 1 is 1.23 bits per heavy atom. The number of aliphatic hydroxyl groups excluding tert-OH is 1. The molecule has 4 bridgehead atoms. The summed E-state index contributed by atoms with van der Waals surface area (Å²) in [6, 6.07) is 0.330. The molecule has 2 saturated carbocycles. The van der Waals surface area contributed by atoms with E-state index in [0.29, 0.717) is 17.9 Å². The first-order valence-corrected chi connectivity index (χ1v) is 12.2. The third-order valence-corrected chi connectivity index (χ3v) is 10.5. The summed E-state index contributed by atoms with van der Waals surface area (Å²) in [5, 5.41) is 11.9. The molecule has 2 heterocycles. The van der Waals surface area contributed by atoms with E-state index in [4.69, 9.17) is 9.47 Å². The van der Waals surface area contributed by atoms with Crippen LogP contribution in [0.25, 0.3) is 0 Å². The van der Waals surface area contributed by atoms with E-state index >= 15 is 0 Å². The molecule has 4 fully saturated rings. The Kier molecular flexibility index (Phi) is 4.28. The summed E-state index contributed by atoms with van der Waals surface area (Å²) in [5.74, 6) is 0.919. The third-order valence-electron chi connectivity index (χ3n) is 10.5. The van der Waals surface area contributed by atoms with E-state index < -0.39 is 11.5 Å². The molecule has 9 atom stereocenters. The van der Waals surface area contributed by atoms with E-state index in [1.807, 2.05) is 0 Å². The van der Waals surface area contributed by atoms with Crippen LogP contribution in [0.4, 0.5) is 0 Å². The maximum absolute atomic E-state index is 13.0. The second kappa shape index (κ2) is 6.57. The fraction of sp³-hybridized carbons (Fsp3) is 0.840. The molecule has 1 spiro atoms. The standard InChI is InChI=1S/C25H35NO5/c1-13-10-26-11-16-6-4-15-5-7-17-19(23(29)30-3)9-24(21(15)17)22(26)18(13)8-20(28)25(16,24)12-31-14(2)27/h13,16-20,22,28H,4-12H2,1-3H3. The first kappa shape index (κ1) is 20.2. The molecule has 0 aromatic heterocycles. The average Bonchev–Trinajstić information content (AvgIpc) is 3.37. The maximum atomic E-state index is 13.0. The quantitative estimate of drug-likeness (QED) is 0.549. The summed E-state index contributed by atoms with van der Waals surface area (Å²) < 4.78 is 11.1. The highest BCUT2D eigenvalue weighted by atomic mass is 16.5. The van der Waals surface area contributed by atoms with Crippen molar-refractivity contribution < 1.29 is 24.2 Å². The van der Waals surface area contributed by atoms with E-state index in [1.165, 1.54) is 19.6 Å². The van der Waals surface area contributed by atoms with E-state index in [-0.39, 0.29) is 41.7 Å². The minimum absolute atomic E-state index is 0.103. The van der Waals surface area contributed by atoms with E-state index in [1.54, 1.807) is 5.57 Å². The lowest BCUT2D eigenvalue weighted by atomic mass is 9.42. The lowest BCUT2D eigenvalue weighted by Crippen LogP contribution is -2.73. The molecule has 6 heteroatoms. The van der Waals surface area contributed by atoms with Gasteiger partial charge in [0.05, 0.1) is 19.1 Å². The van der Waals surface area contributed by atoms with Gasteiger partial charge in [0.2, 0.25) is 0 Å². The van der Waals surface area contributed by atoms with Crippen LogP contribution in [0.5, 0.6) is 0 Å². The largest absolute Gasteiger partial charge is 0.469 e. The van der Waals surface area contributed by atoms with Crippen LogP contribution in [0, 0.1) is 40.4 Å². The molecule has 0 amide bonds. The summed E-state index contributed by atoms with van der Waals surface area (Å²) in [6.45, 7) is 6.12. The van der Waals surface area contributed by atoms with Crippen LogP contribution in [-0.2, 0) is 19.1 Å². The van der Waals surface area contributed by atoms with Gasteiger partial charge in [-0.15, -0.1) is 0 Å². The van der Waals surface area contributed by atoms with Gasteiger partial charge in [0, 0.05) is 36.9 Å². The number of carbonyl (C=O) groups excluding carboxylic acids is 2. The van der Waals surface area contributed by atoms with Gasteiger partial charge in [-0.3, -0.25) is 14.5 Å². The van der Waals surface area contributed by atoms with Crippen LogP contribution in [0.1, 0.15) is 52.4 Å². The zero-order valence-electron chi connectivity index (χ0n) is 18.9. The number of esters is 2. The number of nitrogens with zero attached hydrogens (tertiary/aromatic N) is 1. The van der Waals surface area contributed by atoms with Crippen molar-refractivity contribution in [2.45, 2.75) is 64.5 Å². The highest BCUT2D eigenvalue weighted by Crippen LogP contribution is 2.76. The van der Waals surface area contributed by atoms with E-state index in [0.717, 1.165) is 51.6 Å². The zero-order chi connectivity index (χ0) is 21.7. The van der Waals surface area contributed by atoms with Crippen molar-refractivity contribution in [3.63, 3.8) is 0 Å². The highest BCUT2D eigenvalue weighted by molar-refractivity contribution is 5.75. The Bertz CT molecular complexity index is 868. The number of allylic oxidation sites excluding steroid dienone is 1. The molecule has 0 aromatic rings. The number of methoxy groups -OCH3 is 1. The van der Waals surface area contributed by atoms with Crippen LogP contribution < -0.4 is 0 Å². The topological polar surface area (TPSA) is 76.1 Å². The molecule has 31 heavy (non-hydrogen) atoms. The molecular formula is C25H35NO5. The Hall–Kier alpha value is -1.40. The van der Waals surface area contributed by atoms with Crippen LogP contribution in [0.3, 0.4) is 0 Å². The molecule has 4 aliphatic carbocycles. The number of piperidine rings is 1. The van der Waals surface area contributed by atoms with Gasteiger partial charge in [-0.2, -0.15) is 0 Å². The number of ether oxygens (including phenoxy) is 2. The number of rotatable bonds is 3. The normalized spacial score (nSPS) is 49.6. The van der Waals surface area contributed by atoms with Crippen molar-refractivity contribution in [3.8, 4) is 0 Å². The summed E-state index contributed by atoms with van der Waals surface area (Å²) in [5.41, 5.74) is 2.23. The van der Waals surface area contributed by atoms with Crippen LogP contribution in [-0.4, -0.2) is 60.9 Å². The minimum Gasteiger partial charge on any atom is -0.469 e. The Labute approximate surface area is 184 Å². The van der Waals surface area contributed by atoms with Crippen molar-refractivity contribution in [2.75, 3.05) is 26.8 Å². The predicted molar refractivity (Wildman–Crippen MR) is 113 cm³/mol. The summed E-state index contributed by atoms with van der Waals surface area (Å²) in [4.78, 5) is 27.7. The Balaban J connectivity index is 1.61. The molecular weight excluding hydrogens is 394 g/mol. The number of carbonyl (C=O) groups is 2. The molecule has 0 aromatic carbocycles. The molecule has 0 radical (unpaired) electrons. The molecule has 6 aliphatic rings. The highest BCUT2D eigenvalue weighted by Gasteiger charge is 2.78. The predicted octanol–water partition coefficient (Wildman–Crippen LogP) is 2.55. The fourth-order valence-electron chi connectivity index (χ4n) is 9.71. The summed E-state index contributed by atoms with van der Waals surface area (Å²) in [7, 11) is 1.50. The monoisotopic (exact) mass is 429 g/mol. The summed E-state index contributed by atoms with van der Waals surface area (Å²) in [6.07, 6.45) is 5.18. The molecule has 170 valence electrons. The number of aliphatic hydroxyl groups is 1. The van der Waals surface area contributed by atoms with Crippen molar-refractivity contribution in [3.05, 3.63) is 11.1 Å². The zero-order valence-corrected chi connectivity index (χ0v) is 18.9. The third kappa shape index (κ3) is 2.26. The van der Waals surface area contributed by atoms with Gasteiger partial charge in [-0.05, 0) is 62.2 Å². The molecule has 2 saturated heterocycles. The molecule has 1 N–H and O–H groups in total. The lowest BCUT2D eigenvalue weighted by Gasteiger charge is -2.67. The molecule has 2 aliphatic heterocycles. The maximum Gasteiger partial charge on any atom is 0.309 e. The SMILES string of the molecule is COC(=O)C1CC23C4=C(CCC41)CCC1CN4CC(C)C(CC(O)C12COC(C)=O)C43. The van der Waals surface area contributed by atoms with Gasteiger partial charge >= 0.3 is 11.9 Å². The summed E-state index contributed by atoms with van der Waals surface area (Å²) >= 11 is 0. The van der Waals surface area contributed by atoms with Gasteiger partial charge in [0.15, 0.2) is 0 Å². The number of hydrogen-bond acceptors (Lipinski definition) is 6. The molecule has 6 rings (SSSR count). The average molecular weight is 430 g/mol. The van der Waals surface area contributed by atoms with Crippen molar-refractivity contribution in [2.24, 2.45) is 40.4 Å². The van der Waals surface area contributed by atoms with Gasteiger partial charge in [-0.25, -0.2) is 0 Å². The molecule has 9 unspecified atom stereocenters. The first-order valence-electron chi connectivity index (χ1n) is 12.2. The molecule has 6 nitrogen and oxygen atoms in total. The Morgan fingerprint density at radius 2 is 2.00 bits per heavy atom. The van der Waals surface area contributed by atoms with Crippen LogP contribution in [0.15, 0.2) is 11.1 Å². The van der Waals surface area contributed by atoms with Crippen molar-refractivity contribution in [1.82, 2.24) is 4.90 Å². The van der Waals surface area contributed by atoms with Gasteiger partial charge < -0.3 is 14.6 Å². The van der Waals surface area contributed by atoms with Crippen LogP contribution in [0.2, 0.25) is 0 Å². The fourth-order valence-corrected chi connectivity index (χ4v) is 9.71. The van der Waals surface area contributed by atoms with Crippen molar-refractivity contribution >= 4 is 11.9 Å². The van der Waals surface area contributed by atoms with Gasteiger partial charge in [0.1, 0.15) is 6.61 Å². The minimum atomic E-state index is -0.509.